The first-order valence-electron chi connectivity index (χ1n) is 12.5. The Morgan fingerprint density at radius 1 is 1.17 bits per heavy atom. The number of likely N-dealkylation sites (tertiary alicyclic amines) is 1. The van der Waals surface area contributed by atoms with Crippen molar-refractivity contribution in [1.82, 2.24) is 10.2 Å². The van der Waals surface area contributed by atoms with Gasteiger partial charge in [-0.1, -0.05) is 12.1 Å². The number of carboxylic acids is 1. The van der Waals surface area contributed by atoms with Crippen LogP contribution in [0.1, 0.15) is 45.5 Å². The Hall–Kier alpha value is -3.30. The van der Waals surface area contributed by atoms with Crippen molar-refractivity contribution in [1.29, 1.82) is 0 Å². The SMILES string of the molecule is Cc1cc2c(c(C(=O)NC[C@H]3CCN(CCCOc4ccccc4C(=O)O)C[C@@H]3O)c1)OCCCO2. The van der Waals surface area contributed by atoms with Gasteiger partial charge < -0.3 is 34.6 Å². The minimum Gasteiger partial charge on any atom is -0.493 e. The van der Waals surface area contributed by atoms with Crippen LogP contribution in [0.4, 0.5) is 0 Å². The number of fused-ring (bicyclic) bond motifs is 1. The lowest BCUT2D eigenvalue weighted by Gasteiger charge is -2.36. The van der Waals surface area contributed by atoms with Crippen LogP contribution in [0.3, 0.4) is 0 Å². The number of nitrogens with zero attached hydrogens (tertiary/aromatic N) is 1. The number of para-hydroxylation sites is 1. The number of carbonyl (C=O) groups is 2. The zero-order valence-corrected chi connectivity index (χ0v) is 20.6. The Balaban J connectivity index is 1.22. The van der Waals surface area contributed by atoms with Gasteiger partial charge in [-0.3, -0.25) is 4.79 Å². The molecule has 3 N–H and O–H groups in total. The maximum absolute atomic E-state index is 13.0. The van der Waals surface area contributed by atoms with E-state index >= 15 is 0 Å². The quantitative estimate of drug-likeness (QED) is 0.452. The van der Waals surface area contributed by atoms with Gasteiger partial charge in [0.15, 0.2) is 11.5 Å². The van der Waals surface area contributed by atoms with Gasteiger partial charge in [-0.2, -0.15) is 0 Å². The first-order valence-corrected chi connectivity index (χ1v) is 12.5. The molecule has 2 aromatic carbocycles. The van der Waals surface area contributed by atoms with Gasteiger partial charge in [0.2, 0.25) is 0 Å². The smallest absolute Gasteiger partial charge is 0.339 e. The highest BCUT2D eigenvalue weighted by atomic mass is 16.5. The topological polar surface area (TPSA) is 118 Å². The number of piperidine rings is 1. The van der Waals surface area contributed by atoms with Crippen molar-refractivity contribution in [3.05, 3.63) is 53.1 Å². The lowest BCUT2D eigenvalue weighted by atomic mass is 9.93. The van der Waals surface area contributed by atoms with Crippen LogP contribution in [0.5, 0.6) is 17.2 Å². The lowest BCUT2D eigenvalue weighted by Crippen LogP contribution is -2.48. The molecular formula is C27H34N2O7. The molecule has 0 spiro atoms. The number of ether oxygens (including phenoxy) is 3. The average Bonchev–Trinajstić information content (AvgIpc) is 3.11. The Labute approximate surface area is 211 Å². The molecule has 0 bridgehead atoms. The van der Waals surface area contributed by atoms with Crippen molar-refractivity contribution in [2.24, 2.45) is 5.92 Å². The monoisotopic (exact) mass is 498 g/mol. The van der Waals surface area contributed by atoms with E-state index in [1.54, 1.807) is 24.3 Å². The summed E-state index contributed by atoms with van der Waals surface area (Å²) in [6, 6.07) is 10.3. The fourth-order valence-electron chi connectivity index (χ4n) is 4.63. The molecule has 36 heavy (non-hydrogen) atoms. The molecule has 0 aliphatic carbocycles. The summed E-state index contributed by atoms with van der Waals surface area (Å²) in [6.07, 6.45) is 1.68. The Morgan fingerprint density at radius 3 is 2.78 bits per heavy atom. The number of benzene rings is 2. The molecule has 2 heterocycles. The first-order chi connectivity index (χ1) is 17.4. The molecular weight excluding hydrogens is 464 g/mol. The maximum Gasteiger partial charge on any atom is 0.339 e. The fourth-order valence-corrected chi connectivity index (χ4v) is 4.63. The molecule has 0 radical (unpaired) electrons. The highest BCUT2D eigenvalue weighted by Gasteiger charge is 2.28. The van der Waals surface area contributed by atoms with E-state index in [0.29, 0.717) is 62.1 Å². The van der Waals surface area contributed by atoms with Crippen LogP contribution in [0.15, 0.2) is 36.4 Å². The van der Waals surface area contributed by atoms with Gasteiger partial charge in [0, 0.05) is 32.0 Å². The third-order valence-corrected chi connectivity index (χ3v) is 6.56. The molecule has 1 saturated heterocycles. The van der Waals surface area contributed by atoms with Gasteiger partial charge in [-0.25, -0.2) is 4.79 Å². The molecule has 2 aliphatic rings. The Morgan fingerprint density at radius 2 is 1.97 bits per heavy atom. The van der Waals surface area contributed by atoms with Crippen molar-refractivity contribution in [3.63, 3.8) is 0 Å². The second-order valence-electron chi connectivity index (χ2n) is 9.32. The number of nitrogens with one attached hydrogen (secondary N) is 1. The normalized spacial score (nSPS) is 19.8. The van der Waals surface area contributed by atoms with Crippen molar-refractivity contribution in [2.75, 3.05) is 46.0 Å². The molecule has 1 fully saturated rings. The van der Waals surface area contributed by atoms with E-state index in [2.05, 4.69) is 10.2 Å². The van der Waals surface area contributed by atoms with Crippen molar-refractivity contribution in [3.8, 4) is 17.2 Å². The summed E-state index contributed by atoms with van der Waals surface area (Å²) in [6.45, 7) is 5.81. The van der Waals surface area contributed by atoms with E-state index < -0.39 is 12.1 Å². The highest BCUT2D eigenvalue weighted by Crippen LogP contribution is 2.34. The van der Waals surface area contributed by atoms with E-state index in [0.717, 1.165) is 31.5 Å². The number of aliphatic hydroxyl groups is 1. The van der Waals surface area contributed by atoms with Crippen LogP contribution >= 0.6 is 0 Å². The van der Waals surface area contributed by atoms with Crippen LogP contribution < -0.4 is 19.5 Å². The molecule has 2 aromatic rings. The van der Waals surface area contributed by atoms with Gasteiger partial charge in [-0.05, 0) is 56.1 Å². The molecule has 1 amide bonds. The number of aryl methyl sites for hydroxylation is 1. The van der Waals surface area contributed by atoms with Crippen molar-refractivity contribution >= 4 is 11.9 Å². The number of aliphatic hydroxyl groups excluding tert-OH is 1. The predicted molar refractivity (Wildman–Crippen MR) is 133 cm³/mol. The lowest BCUT2D eigenvalue weighted by molar-refractivity contribution is 0.0204. The minimum absolute atomic E-state index is 0.0375. The summed E-state index contributed by atoms with van der Waals surface area (Å²) in [4.78, 5) is 26.4. The second kappa shape index (κ2) is 12.1. The third-order valence-electron chi connectivity index (χ3n) is 6.56. The number of carbonyl (C=O) groups excluding carboxylic acids is 1. The Kier molecular flexibility index (Phi) is 8.66. The number of carboxylic acid groups (broad SMARTS) is 1. The summed E-state index contributed by atoms with van der Waals surface area (Å²) in [5, 5.41) is 22.9. The van der Waals surface area contributed by atoms with Crippen LogP contribution in [0, 0.1) is 12.8 Å². The van der Waals surface area contributed by atoms with Crippen LogP contribution in [-0.2, 0) is 0 Å². The predicted octanol–water partition coefficient (Wildman–Crippen LogP) is 2.74. The van der Waals surface area contributed by atoms with E-state index in [-0.39, 0.29) is 17.4 Å². The molecule has 0 aromatic heterocycles. The van der Waals surface area contributed by atoms with E-state index in [1.165, 1.54) is 6.07 Å². The van der Waals surface area contributed by atoms with Gasteiger partial charge in [0.1, 0.15) is 11.3 Å². The summed E-state index contributed by atoms with van der Waals surface area (Å²) in [5.41, 5.74) is 1.54. The maximum atomic E-state index is 13.0. The minimum atomic E-state index is -1.01. The van der Waals surface area contributed by atoms with E-state index in [9.17, 15) is 19.8 Å². The van der Waals surface area contributed by atoms with Crippen LogP contribution in [0.2, 0.25) is 0 Å². The molecule has 194 valence electrons. The molecule has 0 unspecified atom stereocenters. The summed E-state index contributed by atoms with van der Waals surface area (Å²) in [5.74, 6) is 0.169. The highest BCUT2D eigenvalue weighted by molar-refractivity contribution is 5.98. The first kappa shape index (κ1) is 25.8. The standard InChI is InChI=1S/C27H34N2O7/c1-18-14-21(25-24(15-18)35-12-5-13-36-25)26(31)28-16-19-8-10-29(17-22(19)30)9-4-11-34-23-7-3-2-6-20(23)27(32)33/h2-3,6-7,14-15,19,22,30H,4-5,8-13,16-17H2,1H3,(H,28,31)(H,32,33)/t19-,22+/m1/s1. The van der Waals surface area contributed by atoms with Gasteiger partial charge in [0.25, 0.3) is 5.91 Å². The number of β-amino-alcohol motifs (C(OH)–C–C–N with tert-alkyl or cyclic N) is 1. The van der Waals surface area contributed by atoms with Gasteiger partial charge in [-0.15, -0.1) is 0 Å². The second-order valence-corrected chi connectivity index (χ2v) is 9.32. The molecule has 9 nitrogen and oxygen atoms in total. The molecule has 4 rings (SSSR count). The number of rotatable bonds is 9. The zero-order valence-electron chi connectivity index (χ0n) is 20.6. The number of hydrogen-bond donors (Lipinski definition) is 3. The molecule has 9 heteroatoms. The summed E-state index contributed by atoms with van der Waals surface area (Å²) in [7, 11) is 0. The fraction of sp³-hybridized carbons (Fsp3) is 0.481. The molecule has 0 saturated carbocycles. The van der Waals surface area contributed by atoms with Crippen molar-refractivity contribution in [2.45, 2.75) is 32.3 Å². The van der Waals surface area contributed by atoms with Crippen LogP contribution in [0.25, 0.3) is 0 Å². The van der Waals surface area contributed by atoms with Crippen LogP contribution in [-0.4, -0.2) is 79.1 Å². The van der Waals surface area contributed by atoms with E-state index in [1.807, 2.05) is 13.0 Å². The average molecular weight is 499 g/mol. The molecule has 2 aliphatic heterocycles. The van der Waals surface area contributed by atoms with Gasteiger partial charge in [0.05, 0.1) is 31.5 Å². The van der Waals surface area contributed by atoms with E-state index in [4.69, 9.17) is 14.2 Å². The molecule has 2 atom stereocenters. The van der Waals surface area contributed by atoms with Crippen molar-refractivity contribution < 1.29 is 34.0 Å². The Bertz CT molecular complexity index is 1070. The summed E-state index contributed by atoms with van der Waals surface area (Å²) >= 11 is 0. The third kappa shape index (κ3) is 6.47. The van der Waals surface area contributed by atoms with Gasteiger partial charge >= 0.3 is 5.97 Å². The zero-order chi connectivity index (χ0) is 25.5. The number of hydrogen-bond acceptors (Lipinski definition) is 7. The number of aromatic carboxylic acids is 1. The summed E-state index contributed by atoms with van der Waals surface area (Å²) < 4.78 is 17.2. The number of amides is 1. The largest absolute Gasteiger partial charge is 0.493 e.